The standard InChI is InChI=1S/C62H42N2/c1-3-17-50-41-54(39-29-43(50)13-1)63(60-27-11-19-45-15-5-7-23-56(45)60)52-35-31-47(32-36-52)58-25-9-21-49-22-10-26-59(62(49)58)48-33-37-53(38-34-48)64(55-40-30-44-14-2-4-18-51(44)42-55)61-28-12-20-46-16-6-8-24-57(46)61/h1-42H. The van der Waals surface area contributed by atoms with Crippen LogP contribution in [0.3, 0.4) is 0 Å². The highest BCUT2D eigenvalue weighted by Gasteiger charge is 2.19. The number of benzene rings is 12. The Labute approximate surface area is 373 Å². The summed E-state index contributed by atoms with van der Waals surface area (Å²) in [6.45, 7) is 0. The van der Waals surface area contributed by atoms with E-state index >= 15 is 0 Å². The summed E-state index contributed by atoms with van der Waals surface area (Å²) in [5.74, 6) is 0. The number of rotatable bonds is 8. The first-order chi connectivity index (χ1) is 31.7. The highest BCUT2D eigenvalue weighted by Crippen LogP contribution is 2.44. The average molecular weight is 815 g/mol. The van der Waals surface area contributed by atoms with Gasteiger partial charge in [0.15, 0.2) is 0 Å². The first kappa shape index (κ1) is 37.3. The van der Waals surface area contributed by atoms with Gasteiger partial charge in [-0.1, -0.05) is 194 Å². The van der Waals surface area contributed by atoms with E-state index in [-0.39, 0.29) is 0 Å². The van der Waals surface area contributed by atoms with Crippen LogP contribution in [0.15, 0.2) is 255 Å². The Morgan fingerprint density at radius 2 is 0.562 bits per heavy atom. The summed E-state index contributed by atoms with van der Waals surface area (Å²) in [5.41, 5.74) is 11.5. The lowest BCUT2D eigenvalue weighted by Gasteiger charge is -2.27. The van der Waals surface area contributed by atoms with Crippen molar-refractivity contribution >= 4 is 88.0 Å². The third-order valence-corrected chi connectivity index (χ3v) is 12.8. The number of hydrogen-bond acceptors (Lipinski definition) is 2. The zero-order valence-corrected chi connectivity index (χ0v) is 35.1. The molecule has 0 saturated heterocycles. The summed E-state index contributed by atoms with van der Waals surface area (Å²) in [6, 6.07) is 92.8. The lowest BCUT2D eigenvalue weighted by Crippen LogP contribution is -2.10. The molecule has 2 nitrogen and oxygen atoms in total. The van der Waals surface area contributed by atoms with Gasteiger partial charge >= 0.3 is 0 Å². The van der Waals surface area contributed by atoms with Crippen LogP contribution < -0.4 is 9.80 Å². The van der Waals surface area contributed by atoms with Crippen LogP contribution in [0.5, 0.6) is 0 Å². The Balaban J connectivity index is 0.952. The molecule has 0 fully saturated rings. The van der Waals surface area contributed by atoms with Crippen molar-refractivity contribution in [1.29, 1.82) is 0 Å². The molecule has 0 spiro atoms. The maximum absolute atomic E-state index is 2.40. The molecule has 0 unspecified atom stereocenters. The monoisotopic (exact) mass is 814 g/mol. The van der Waals surface area contributed by atoms with Crippen molar-refractivity contribution in [2.45, 2.75) is 0 Å². The van der Waals surface area contributed by atoms with E-state index in [1.165, 1.54) is 76.1 Å². The Kier molecular flexibility index (Phi) is 9.20. The van der Waals surface area contributed by atoms with Crippen molar-refractivity contribution in [3.8, 4) is 22.3 Å². The van der Waals surface area contributed by atoms with Crippen LogP contribution in [-0.2, 0) is 0 Å². The second-order valence-electron chi connectivity index (χ2n) is 16.5. The van der Waals surface area contributed by atoms with Crippen LogP contribution in [-0.4, -0.2) is 0 Å². The summed E-state index contributed by atoms with van der Waals surface area (Å²) in [4.78, 5) is 4.79. The van der Waals surface area contributed by atoms with Crippen LogP contribution in [0.25, 0.3) is 76.1 Å². The molecule has 0 aliphatic heterocycles. The van der Waals surface area contributed by atoms with Crippen LogP contribution in [0.2, 0.25) is 0 Å². The molecule has 12 rings (SSSR count). The van der Waals surface area contributed by atoms with Gasteiger partial charge in [-0.2, -0.15) is 0 Å². The third kappa shape index (κ3) is 6.61. The quantitative estimate of drug-likeness (QED) is 0.151. The first-order valence-electron chi connectivity index (χ1n) is 22.0. The third-order valence-electron chi connectivity index (χ3n) is 12.8. The minimum atomic E-state index is 1.11. The summed E-state index contributed by atoms with van der Waals surface area (Å²) < 4.78 is 0. The van der Waals surface area contributed by atoms with E-state index in [1.807, 2.05) is 0 Å². The second-order valence-corrected chi connectivity index (χ2v) is 16.5. The van der Waals surface area contributed by atoms with Crippen molar-refractivity contribution < 1.29 is 0 Å². The van der Waals surface area contributed by atoms with Crippen LogP contribution in [0.4, 0.5) is 34.1 Å². The van der Waals surface area contributed by atoms with Gasteiger partial charge in [0, 0.05) is 33.5 Å². The lowest BCUT2D eigenvalue weighted by atomic mass is 9.91. The topological polar surface area (TPSA) is 6.48 Å². The van der Waals surface area contributed by atoms with Gasteiger partial charge in [-0.05, 0) is 126 Å². The lowest BCUT2D eigenvalue weighted by molar-refractivity contribution is 1.30. The minimum absolute atomic E-state index is 1.11. The molecule has 0 radical (unpaired) electrons. The average Bonchev–Trinajstić information content (AvgIpc) is 3.37. The molecule has 0 saturated carbocycles. The maximum Gasteiger partial charge on any atom is 0.0540 e. The molecule has 0 heterocycles. The van der Waals surface area contributed by atoms with Crippen LogP contribution >= 0.6 is 0 Å². The van der Waals surface area contributed by atoms with Crippen molar-refractivity contribution in [1.82, 2.24) is 0 Å². The van der Waals surface area contributed by atoms with Crippen molar-refractivity contribution in [2.75, 3.05) is 9.80 Å². The van der Waals surface area contributed by atoms with Crippen molar-refractivity contribution in [3.05, 3.63) is 255 Å². The molecule has 0 amide bonds. The molecule has 12 aromatic carbocycles. The SMILES string of the molecule is c1ccc2cc(N(c3ccc(-c4cccc5cccc(-c6ccc(N(c7ccc8ccccc8c7)c7cccc8ccccc78)cc6)c45)cc3)c3cccc4ccccc34)ccc2c1. The van der Waals surface area contributed by atoms with Crippen molar-refractivity contribution in [2.24, 2.45) is 0 Å². The van der Waals surface area contributed by atoms with Gasteiger partial charge in [-0.3, -0.25) is 0 Å². The minimum Gasteiger partial charge on any atom is -0.310 e. The van der Waals surface area contributed by atoms with Gasteiger partial charge in [0.25, 0.3) is 0 Å². The smallest absolute Gasteiger partial charge is 0.0540 e. The van der Waals surface area contributed by atoms with Gasteiger partial charge in [-0.15, -0.1) is 0 Å². The van der Waals surface area contributed by atoms with E-state index in [2.05, 4.69) is 265 Å². The fourth-order valence-electron chi connectivity index (χ4n) is 9.69. The first-order valence-corrected chi connectivity index (χ1v) is 22.0. The van der Waals surface area contributed by atoms with Crippen molar-refractivity contribution in [3.63, 3.8) is 0 Å². The summed E-state index contributed by atoms with van der Waals surface area (Å²) in [7, 11) is 0. The van der Waals surface area contributed by atoms with Gasteiger partial charge in [0.05, 0.1) is 11.4 Å². The second kappa shape index (κ2) is 15.8. The fraction of sp³-hybridized carbons (Fsp3) is 0. The summed E-state index contributed by atoms with van der Waals surface area (Å²) >= 11 is 0. The number of fused-ring (bicyclic) bond motifs is 5. The predicted octanol–water partition coefficient (Wildman–Crippen LogP) is 17.7. The number of hydrogen-bond donors (Lipinski definition) is 0. The van der Waals surface area contributed by atoms with Crippen LogP contribution in [0, 0.1) is 0 Å². The molecule has 0 aliphatic rings. The molecule has 64 heavy (non-hydrogen) atoms. The number of anilines is 6. The predicted molar refractivity (Wildman–Crippen MR) is 274 cm³/mol. The molecular weight excluding hydrogens is 773 g/mol. The van der Waals surface area contributed by atoms with E-state index in [4.69, 9.17) is 0 Å². The van der Waals surface area contributed by atoms with E-state index in [1.54, 1.807) is 0 Å². The molecule has 12 aromatic rings. The highest BCUT2D eigenvalue weighted by atomic mass is 15.1. The Bertz CT molecular complexity index is 3430. The molecule has 0 aliphatic carbocycles. The summed E-state index contributed by atoms with van der Waals surface area (Å²) in [5, 5.41) is 12.2. The van der Waals surface area contributed by atoms with Gasteiger partial charge in [0.2, 0.25) is 0 Å². The molecule has 300 valence electrons. The van der Waals surface area contributed by atoms with E-state index in [9.17, 15) is 0 Å². The molecule has 2 heteroatoms. The Morgan fingerprint density at radius 3 is 1.02 bits per heavy atom. The van der Waals surface area contributed by atoms with Gasteiger partial charge < -0.3 is 9.80 Å². The largest absolute Gasteiger partial charge is 0.310 e. The zero-order valence-electron chi connectivity index (χ0n) is 35.1. The van der Waals surface area contributed by atoms with Gasteiger partial charge in [-0.25, -0.2) is 0 Å². The Hall–Kier alpha value is -8.46. The highest BCUT2D eigenvalue weighted by molar-refractivity contribution is 6.07. The zero-order chi connectivity index (χ0) is 42.4. The fourth-order valence-corrected chi connectivity index (χ4v) is 9.69. The van der Waals surface area contributed by atoms with Gasteiger partial charge in [0.1, 0.15) is 0 Å². The maximum atomic E-state index is 2.40. The summed E-state index contributed by atoms with van der Waals surface area (Å²) in [6.07, 6.45) is 0. The molecule has 0 bridgehead atoms. The van der Waals surface area contributed by atoms with Crippen LogP contribution in [0.1, 0.15) is 0 Å². The number of nitrogens with zero attached hydrogens (tertiary/aromatic N) is 2. The Morgan fingerprint density at radius 1 is 0.219 bits per heavy atom. The van der Waals surface area contributed by atoms with E-state index in [0.717, 1.165) is 34.1 Å². The molecule has 0 aromatic heterocycles. The van der Waals surface area contributed by atoms with E-state index in [0.29, 0.717) is 0 Å². The molecule has 0 atom stereocenters. The normalized spacial score (nSPS) is 11.4. The van der Waals surface area contributed by atoms with E-state index < -0.39 is 0 Å². The molecule has 0 N–H and O–H groups in total. The molecular formula is C62H42N2.